The van der Waals surface area contributed by atoms with Gasteiger partial charge in [-0.1, -0.05) is 23.2 Å². The zero-order valence-corrected chi connectivity index (χ0v) is 14.3. The molecule has 1 heterocycles. The number of rotatable bonds is 6. The molecule has 11 heteroatoms. The summed E-state index contributed by atoms with van der Waals surface area (Å²) in [6.45, 7) is -3.13. The van der Waals surface area contributed by atoms with Crippen LogP contribution in [0.1, 0.15) is 0 Å². The van der Waals surface area contributed by atoms with Gasteiger partial charge < -0.3 is 14.2 Å². The van der Waals surface area contributed by atoms with Crippen LogP contribution in [0.2, 0.25) is 5.02 Å². The van der Waals surface area contributed by atoms with Crippen molar-refractivity contribution in [3.63, 3.8) is 0 Å². The number of methoxy groups -OCH3 is 1. The Morgan fingerprint density at radius 2 is 2.00 bits per heavy atom. The third-order valence-electron chi connectivity index (χ3n) is 2.96. The van der Waals surface area contributed by atoms with E-state index < -0.39 is 29.8 Å². The van der Waals surface area contributed by atoms with Gasteiger partial charge in [-0.25, -0.2) is 13.9 Å². The number of nitrogens with zero attached hydrogens (tertiary/aromatic N) is 2. The number of esters is 1. The SMILES string of the molecule is COC(=O)C(Cl)Oc1ccc(F)c(-c2nn(C)c(OC(F)F)c2Cl)c1. The number of ether oxygens (including phenoxy) is 3. The number of benzene rings is 1. The number of hydrogen-bond donors (Lipinski definition) is 0. The predicted molar refractivity (Wildman–Crippen MR) is 82.5 cm³/mol. The van der Waals surface area contributed by atoms with E-state index in [2.05, 4.69) is 14.6 Å². The molecule has 0 radical (unpaired) electrons. The monoisotopic (exact) mass is 398 g/mol. The molecule has 1 aromatic heterocycles. The lowest BCUT2D eigenvalue weighted by Crippen LogP contribution is -2.22. The molecule has 0 fully saturated rings. The minimum Gasteiger partial charge on any atom is -0.465 e. The molecule has 1 atom stereocenters. The van der Waals surface area contributed by atoms with Gasteiger partial charge in [0.2, 0.25) is 5.88 Å². The molecule has 0 spiro atoms. The molecule has 1 unspecified atom stereocenters. The van der Waals surface area contributed by atoms with Crippen LogP contribution in [0.25, 0.3) is 11.3 Å². The van der Waals surface area contributed by atoms with E-state index in [0.29, 0.717) is 0 Å². The molecular weight excluding hydrogens is 388 g/mol. The number of carbonyl (C=O) groups excluding carboxylic acids is 1. The van der Waals surface area contributed by atoms with E-state index in [4.69, 9.17) is 27.9 Å². The summed E-state index contributed by atoms with van der Waals surface area (Å²) >= 11 is 11.6. The lowest BCUT2D eigenvalue weighted by molar-refractivity contribution is -0.145. The van der Waals surface area contributed by atoms with Crippen LogP contribution in [-0.4, -0.2) is 35.0 Å². The molecule has 0 bridgehead atoms. The van der Waals surface area contributed by atoms with Crippen LogP contribution in [0.5, 0.6) is 11.6 Å². The summed E-state index contributed by atoms with van der Waals surface area (Å²) in [5.74, 6) is -2.02. The molecule has 136 valence electrons. The van der Waals surface area contributed by atoms with Crippen molar-refractivity contribution in [1.82, 2.24) is 9.78 Å². The van der Waals surface area contributed by atoms with Crippen molar-refractivity contribution in [2.24, 2.45) is 7.05 Å². The smallest absolute Gasteiger partial charge is 0.388 e. The number of carbonyl (C=O) groups is 1. The highest BCUT2D eigenvalue weighted by Gasteiger charge is 2.24. The molecule has 0 amide bonds. The summed E-state index contributed by atoms with van der Waals surface area (Å²) in [5.41, 5.74) is -1.76. The molecule has 0 aliphatic carbocycles. The van der Waals surface area contributed by atoms with Crippen LogP contribution in [0.4, 0.5) is 13.2 Å². The van der Waals surface area contributed by atoms with Crippen LogP contribution >= 0.6 is 23.2 Å². The van der Waals surface area contributed by atoms with Crippen molar-refractivity contribution in [3.8, 4) is 22.9 Å². The second kappa shape index (κ2) is 7.83. The van der Waals surface area contributed by atoms with Crippen molar-refractivity contribution in [1.29, 1.82) is 0 Å². The average Bonchev–Trinajstić information content (AvgIpc) is 2.83. The van der Waals surface area contributed by atoms with Gasteiger partial charge in [0.15, 0.2) is 0 Å². The third-order valence-corrected chi connectivity index (χ3v) is 3.57. The molecule has 25 heavy (non-hydrogen) atoms. The van der Waals surface area contributed by atoms with Gasteiger partial charge in [0, 0.05) is 12.6 Å². The standard InChI is InChI=1S/C14H11Cl2F3N2O4/c1-21-12(25-14(18)19)9(15)10(20-21)7-5-6(3-4-8(7)17)24-11(16)13(22)23-2/h3-5,11,14H,1-2H3. The number of hydrogen-bond acceptors (Lipinski definition) is 5. The van der Waals surface area contributed by atoms with Crippen molar-refractivity contribution in [2.75, 3.05) is 7.11 Å². The van der Waals surface area contributed by atoms with Crippen molar-refractivity contribution in [2.45, 2.75) is 12.2 Å². The van der Waals surface area contributed by atoms with Crippen molar-refractivity contribution in [3.05, 3.63) is 29.0 Å². The molecule has 1 aromatic carbocycles. The maximum atomic E-state index is 14.1. The normalized spacial score (nSPS) is 12.2. The van der Waals surface area contributed by atoms with Gasteiger partial charge in [0.1, 0.15) is 22.3 Å². The molecule has 2 rings (SSSR count). The zero-order chi connectivity index (χ0) is 18.7. The Morgan fingerprint density at radius 3 is 2.60 bits per heavy atom. The Hall–Kier alpha value is -2.13. The zero-order valence-electron chi connectivity index (χ0n) is 12.8. The summed E-state index contributed by atoms with van der Waals surface area (Å²) in [4.78, 5) is 11.3. The lowest BCUT2D eigenvalue weighted by Gasteiger charge is -2.11. The van der Waals surface area contributed by atoms with Crippen LogP contribution in [0, 0.1) is 5.82 Å². The Bertz CT molecular complexity index is 786. The van der Waals surface area contributed by atoms with Gasteiger partial charge in [0.05, 0.1) is 7.11 Å². The van der Waals surface area contributed by atoms with Gasteiger partial charge in [-0.15, -0.1) is 0 Å². The quantitative estimate of drug-likeness (QED) is 0.549. The number of aryl methyl sites for hydroxylation is 1. The summed E-state index contributed by atoms with van der Waals surface area (Å²) in [6, 6.07) is 3.39. The molecule has 6 nitrogen and oxygen atoms in total. The fraction of sp³-hybridized carbons (Fsp3) is 0.286. The first kappa shape index (κ1) is 19.2. The molecular formula is C14H11Cl2F3N2O4. The minimum atomic E-state index is -3.13. The highest BCUT2D eigenvalue weighted by Crippen LogP contribution is 2.37. The van der Waals surface area contributed by atoms with Crippen LogP contribution in [0.15, 0.2) is 18.2 Å². The van der Waals surface area contributed by atoms with Gasteiger partial charge >= 0.3 is 12.6 Å². The highest BCUT2D eigenvalue weighted by atomic mass is 35.5. The topological polar surface area (TPSA) is 62.6 Å². The number of aromatic nitrogens is 2. The summed E-state index contributed by atoms with van der Waals surface area (Å²) in [5, 5.41) is 3.56. The first-order valence-corrected chi connectivity index (χ1v) is 7.41. The Kier molecular flexibility index (Phi) is 6.02. The Morgan fingerprint density at radius 1 is 1.32 bits per heavy atom. The second-order valence-electron chi connectivity index (χ2n) is 4.57. The van der Waals surface area contributed by atoms with Gasteiger partial charge in [-0.05, 0) is 18.2 Å². The van der Waals surface area contributed by atoms with Crippen LogP contribution in [-0.2, 0) is 16.6 Å². The largest absolute Gasteiger partial charge is 0.465 e. The summed E-state index contributed by atoms with van der Waals surface area (Å²) in [7, 11) is 2.42. The summed E-state index contributed by atoms with van der Waals surface area (Å²) < 4.78 is 53.7. The lowest BCUT2D eigenvalue weighted by atomic mass is 10.1. The van der Waals surface area contributed by atoms with Crippen molar-refractivity contribution < 1.29 is 32.2 Å². The molecule has 2 aromatic rings. The van der Waals surface area contributed by atoms with Crippen LogP contribution in [0.3, 0.4) is 0 Å². The molecule has 0 aliphatic rings. The third kappa shape index (κ3) is 4.29. The first-order chi connectivity index (χ1) is 11.7. The average molecular weight is 399 g/mol. The van der Waals surface area contributed by atoms with E-state index in [1.807, 2.05) is 0 Å². The predicted octanol–water partition coefficient (Wildman–Crippen LogP) is 3.60. The van der Waals surface area contributed by atoms with E-state index in [1.54, 1.807) is 0 Å². The van der Waals surface area contributed by atoms with E-state index in [1.165, 1.54) is 13.1 Å². The highest BCUT2D eigenvalue weighted by molar-refractivity contribution is 6.34. The van der Waals surface area contributed by atoms with Gasteiger partial charge in [-0.3, -0.25) is 0 Å². The Labute approximate surface area is 150 Å². The molecule has 0 aliphatic heterocycles. The fourth-order valence-corrected chi connectivity index (χ4v) is 2.38. The fourth-order valence-electron chi connectivity index (χ4n) is 1.89. The second-order valence-corrected chi connectivity index (χ2v) is 5.34. The minimum absolute atomic E-state index is 0.0137. The Balaban J connectivity index is 2.40. The van der Waals surface area contributed by atoms with E-state index in [9.17, 15) is 18.0 Å². The number of alkyl halides is 3. The van der Waals surface area contributed by atoms with E-state index in [-0.39, 0.29) is 22.0 Å². The molecule has 0 N–H and O–H groups in total. The molecule has 0 saturated carbocycles. The van der Waals surface area contributed by atoms with Crippen LogP contribution < -0.4 is 9.47 Å². The van der Waals surface area contributed by atoms with Gasteiger partial charge in [0.25, 0.3) is 5.56 Å². The molecule has 0 saturated heterocycles. The maximum Gasteiger partial charge on any atom is 0.388 e. The van der Waals surface area contributed by atoms with E-state index >= 15 is 0 Å². The number of halogens is 5. The summed E-state index contributed by atoms with van der Waals surface area (Å²) in [6.07, 6.45) is 0. The first-order valence-electron chi connectivity index (χ1n) is 6.60. The van der Waals surface area contributed by atoms with Gasteiger partial charge in [-0.2, -0.15) is 13.9 Å². The van der Waals surface area contributed by atoms with E-state index in [0.717, 1.165) is 23.9 Å². The maximum absolute atomic E-state index is 14.1. The van der Waals surface area contributed by atoms with Crippen molar-refractivity contribution >= 4 is 29.2 Å².